The molecular weight excluding hydrogens is 546 g/mol. The van der Waals surface area contributed by atoms with Crippen LogP contribution in [-0.4, -0.2) is 87.5 Å². The second-order valence-corrected chi connectivity index (χ2v) is 11.6. The first-order valence-electron chi connectivity index (χ1n) is 14.7. The summed E-state index contributed by atoms with van der Waals surface area (Å²) in [5.41, 5.74) is 0.209. The number of phenols is 1. The number of H-pyrrole nitrogens is 1. The molecule has 2 aromatic heterocycles. The standard InChI is InChI=1S/C30H34F2N6O4/c1-2-21-22(32)6-5-18-13-20(39)14-23(24(18)21)38-28(40)25-26(35-38)33-29(34-27(25)36-8-4-11-41-12-10-36)42-17-30-7-3-9-37(30)16-19(31)15-30/h5-6,13-14,19,39H,2-4,7-12,15-17H2,1H3,(H,33,34,35). The first-order valence-corrected chi connectivity index (χ1v) is 14.7. The van der Waals surface area contributed by atoms with Gasteiger partial charge in [0.25, 0.3) is 5.56 Å². The molecule has 2 aromatic carbocycles. The van der Waals surface area contributed by atoms with Crippen molar-refractivity contribution in [2.24, 2.45) is 0 Å². The average Bonchev–Trinajstić information content (AvgIpc) is 3.51. The Labute approximate surface area is 240 Å². The maximum atomic E-state index is 14.9. The van der Waals surface area contributed by atoms with E-state index in [0.29, 0.717) is 73.5 Å². The molecule has 7 rings (SSSR count). The zero-order valence-corrected chi connectivity index (χ0v) is 23.5. The zero-order valence-electron chi connectivity index (χ0n) is 23.5. The van der Waals surface area contributed by atoms with Crippen LogP contribution in [0.5, 0.6) is 11.8 Å². The fraction of sp³-hybridized carbons (Fsp3) is 0.500. The molecule has 0 bridgehead atoms. The van der Waals surface area contributed by atoms with Gasteiger partial charge in [-0.1, -0.05) is 13.0 Å². The predicted octanol–water partition coefficient (Wildman–Crippen LogP) is 3.85. The number of aromatic nitrogens is 4. The van der Waals surface area contributed by atoms with E-state index in [1.165, 1.54) is 16.8 Å². The van der Waals surface area contributed by atoms with Crippen LogP contribution >= 0.6 is 0 Å². The maximum absolute atomic E-state index is 14.9. The van der Waals surface area contributed by atoms with Gasteiger partial charge in [0.05, 0.1) is 17.8 Å². The molecule has 3 saturated heterocycles. The van der Waals surface area contributed by atoms with Crippen LogP contribution in [0.15, 0.2) is 29.1 Å². The van der Waals surface area contributed by atoms with Gasteiger partial charge >= 0.3 is 6.01 Å². The third-order valence-electron chi connectivity index (χ3n) is 8.98. The number of aryl methyl sites for hydroxylation is 1. The van der Waals surface area contributed by atoms with Gasteiger partial charge in [0.15, 0.2) is 11.5 Å². The average molecular weight is 581 g/mol. The maximum Gasteiger partial charge on any atom is 0.320 e. The van der Waals surface area contributed by atoms with E-state index in [-0.39, 0.29) is 40.8 Å². The second-order valence-electron chi connectivity index (χ2n) is 11.6. The second kappa shape index (κ2) is 10.5. The number of rotatable bonds is 6. The number of benzene rings is 2. The molecule has 0 aliphatic carbocycles. The molecule has 0 radical (unpaired) electrons. The number of hydrogen-bond donors (Lipinski definition) is 2. The minimum atomic E-state index is -0.884. The molecule has 12 heteroatoms. The number of ether oxygens (including phenoxy) is 2. The summed E-state index contributed by atoms with van der Waals surface area (Å²) in [7, 11) is 0. The molecule has 2 N–H and O–H groups in total. The van der Waals surface area contributed by atoms with Crippen molar-refractivity contribution in [1.82, 2.24) is 24.6 Å². The smallest absolute Gasteiger partial charge is 0.320 e. The summed E-state index contributed by atoms with van der Waals surface area (Å²) in [6.07, 6.45) is 2.52. The lowest BCUT2D eigenvalue weighted by Crippen LogP contribution is -2.43. The monoisotopic (exact) mass is 580 g/mol. The van der Waals surface area contributed by atoms with Crippen molar-refractivity contribution in [3.05, 3.63) is 46.0 Å². The van der Waals surface area contributed by atoms with Gasteiger partial charge in [-0.05, 0) is 55.3 Å². The highest BCUT2D eigenvalue weighted by atomic mass is 19.1. The molecular formula is C30H34F2N6O4. The minimum Gasteiger partial charge on any atom is -0.508 e. The first-order chi connectivity index (χ1) is 20.4. The van der Waals surface area contributed by atoms with E-state index >= 15 is 0 Å². The topological polar surface area (TPSA) is 109 Å². The van der Waals surface area contributed by atoms with Gasteiger partial charge in [-0.3, -0.25) is 14.8 Å². The van der Waals surface area contributed by atoms with E-state index < -0.39 is 11.7 Å². The van der Waals surface area contributed by atoms with Crippen LogP contribution in [0.25, 0.3) is 27.5 Å². The van der Waals surface area contributed by atoms with Crippen molar-refractivity contribution in [3.63, 3.8) is 0 Å². The summed E-state index contributed by atoms with van der Waals surface area (Å²) < 4.78 is 42.4. The third kappa shape index (κ3) is 4.48. The Hall–Kier alpha value is -3.77. The molecule has 42 heavy (non-hydrogen) atoms. The molecule has 3 aliphatic rings. The minimum absolute atomic E-state index is 0.0557. The first kappa shape index (κ1) is 27.1. The molecule has 2 unspecified atom stereocenters. The van der Waals surface area contributed by atoms with Crippen molar-refractivity contribution >= 4 is 27.6 Å². The van der Waals surface area contributed by atoms with Gasteiger partial charge in [0, 0.05) is 44.1 Å². The lowest BCUT2D eigenvalue weighted by Gasteiger charge is -2.31. The highest BCUT2D eigenvalue weighted by Crippen LogP contribution is 2.40. The molecule has 222 valence electrons. The predicted molar refractivity (Wildman–Crippen MR) is 154 cm³/mol. The Morgan fingerprint density at radius 1 is 1.17 bits per heavy atom. The van der Waals surface area contributed by atoms with Gasteiger partial charge in [0.1, 0.15) is 29.7 Å². The molecule has 3 aliphatic heterocycles. The number of nitrogens with one attached hydrogen (secondary N) is 1. The molecule has 10 nitrogen and oxygen atoms in total. The van der Waals surface area contributed by atoms with Crippen molar-refractivity contribution in [3.8, 4) is 17.4 Å². The largest absolute Gasteiger partial charge is 0.508 e. The van der Waals surface area contributed by atoms with Crippen LogP contribution < -0.4 is 15.2 Å². The molecule has 3 fully saturated rings. The third-order valence-corrected chi connectivity index (χ3v) is 8.98. The van der Waals surface area contributed by atoms with Crippen LogP contribution in [0, 0.1) is 5.82 Å². The van der Waals surface area contributed by atoms with Crippen LogP contribution in [0.3, 0.4) is 0 Å². The van der Waals surface area contributed by atoms with Gasteiger partial charge in [-0.25, -0.2) is 13.5 Å². The summed E-state index contributed by atoms with van der Waals surface area (Å²) >= 11 is 0. The van der Waals surface area contributed by atoms with Crippen LogP contribution in [-0.2, 0) is 11.2 Å². The Morgan fingerprint density at radius 3 is 2.90 bits per heavy atom. The van der Waals surface area contributed by atoms with E-state index in [0.717, 1.165) is 25.8 Å². The number of aromatic amines is 1. The molecule has 4 aromatic rings. The Bertz CT molecular complexity index is 1720. The van der Waals surface area contributed by atoms with Gasteiger partial charge in [-0.15, -0.1) is 0 Å². The summed E-state index contributed by atoms with van der Waals surface area (Å²) in [6.45, 7) is 5.59. The number of alkyl halides is 1. The van der Waals surface area contributed by atoms with Gasteiger partial charge in [-0.2, -0.15) is 9.97 Å². The summed E-state index contributed by atoms with van der Waals surface area (Å²) in [5, 5.41) is 15.0. The normalized spacial score (nSPS) is 23.1. The molecule has 0 saturated carbocycles. The van der Waals surface area contributed by atoms with E-state index in [2.05, 4.69) is 15.0 Å². The lowest BCUT2D eigenvalue weighted by atomic mass is 9.95. The van der Waals surface area contributed by atoms with E-state index in [9.17, 15) is 18.7 Å². The number of halogens is 2. The van der Waals surface area contributed by atoms with Crippen LogP contribution in [0.4, 0.5) is 14.6 Å². The van der Waals surface area contributed by atoms with E-state index in [1.807, 2.05) is 11.8 Å². The zero-order chi connectivity index (χ0) is 29.0. The SMILES string of the molecule is CCc1c(F)ccc2cc(O)cc(-n3[nH]c4nc(OCC56CCCN5CC(F)C6)nc(N5CCCOCC5)c4c3=O)c12. The number of fused-ring (bicyclic) bond motifs is 3. The Morgan fingerprint density at radius 2 is 2.05 bits per heavy atom. The number of aromatic hydroxyl groups is 1. The van der Waals surface area contributed by atoms with Crippen molar-refractivity contribution < 1.29 is 23.4 Å². The highest BCUT2D eigenvalue weighted by molar-refractivity contribution is 5.95. The number of nitrogens with zero attached hydrogens (tertiary/aromatic N) is 5. The fourth-order valence-electron chi connectivity index (χ4n) is 7.04. The number of hydrogen-bond acceptors (Lipinski definition) is 8. The molecule has 0 spiro atoms. The van der Waals surface area contributed by atoms with Crippen molar-refractivity contribution in [2.45, 2.75) is 50.7 Å². The fourth-order valence-corrected chi connectivity index (χ4v) is 7.04. The van der Waals surface area contributed by atoms with Gasteiger partial charge < -0.3 is 19.5 Å². The number of phenolic OH excluding ortho intramolecular Hbond substituents is 1. The van der Waals surface area contributed by atoms with E-state index in [4.69, 9.17) is 14.5 Å². The van der Waals surface area contributed by atoms with Crippen molar-refractivity contribution in [2.75, 3.05) is 50.9 Å². The Kier molecular flexibility index (Phi) is 6.77. The lowest BCUT2D eigenvalue weighted by molar-refractivity contribution is 0.107. The molecule has 5 heterocycles. The van der Waals surface area contributed by atoms with Crippen molar-refractivity contribution in [1.29, 1.82) is 0 Å². The molecule has 0 amide bonds. The molecule has 2 atom stereocenters. The summed E-state index contributed by atoms with van der Waals surface area (Å²) in [4.78, 5) is 27.6. The van der Waals surface area contributed by atoms with Crippen LogP contribution in [0.1, 0.15) is 38.2 Å². The number of anilines is 1. The Balaban J connectivity index is 1.37. The quantitative estimate of drug-likeness (QED) is 0.354. The van der Waals surface area contributed by atoms with Crippen LogP contribution in [0.2, 0.25) is 0 Å². The van der Waals surface area contributed by atoms with E-state index in [1.54, 1.807) is 12.1 Å². The highest BCUT2D eigenvalue weighted by Gasteiger charge is 2.49. The van der Waals surface area contributed by atoms with Gasteiger partial charge in [0.2, 0.25) is 0 Å². The summed E-state index contributed by atoms with van der Waals surface area (Å²) in [5.74, 6) is -0.0214. The summed E-state index contributed by atoms with van der Waals surface area (Å²) in [6, 6.07) is 6.06.